The fraction of sp³-hybridized carbons (Fsp3) is 0.0800. The topological polar surface area (TPSA) is 60.4 Å². The van der Waals surface area contributed by atoms with E-state index in [9.17, 15) is 14.4 Å². The van der Waals surface area contributed by atoms with Crippen molar-refractivity contribution in [2.75, 3.05) is 0 Å². The molecule has 3 aromatic carbocycles. The van der Waals surface area contributed by atoms with Gasteiger partial charge in [-0.1, -0.05) is 66.2 Å². The summed E-state index contributed by atoms with van der Waals surface area (Å²) < 4.78 is 5.57. The van der Waals surface area contributed by atoms with E-state index in [4.69, 9.17) is 16.3 Å². The molecule has 0 saturated heterocycles. The van der Waals surface area contributed by atoms with Gasteiger partial charge in [-0.3, -0.25) is 14.4 Å². The molecular formula is C25H15ClO4. The number of Topliss-reactive ketones (excluding diaryl/α,β-unsaturated/α-hetero) is 1. The Kier molecular flexibility index (Phi) is 4.19. The molecule has 1 heterocycles. The molecular weight excluding hydrogens is 400 g/mol. The van der Waals surface area contributed by atoms with Gasteiger partial charge in [-0.15, -0.1) is 0 Å². The minimum Gasteiger partial charge on any atom is -0.425 e. The van der Waals surface area contributed by atoms with Crippen molar-refractivity contribution in [1.29, 1.82) is 0 Å². The van der Waals surface area contributed by atoms with E-state index >= 15 is 0 Å². The smallest absolute Gasteiger partial charge is 0.327 e. The summed E-state index contributed by atoms with van der Waals surface area (Å²) in [5, 5.41) is 0.521. The van der Waals surface area contributed by atoms with Crippen LogP contribution in [0.25, 0.3) is 0 Å². The summed E-state index contributed by atoms with van der Waals surface area (Å²) in [7, 11) is 0. The number of hydrogen-bond acceptors (Lipinski definition) is 4. The first-order valence-electron chi connectivity index (χ1n) is 9.47. The normalized spacial score (nSPS) is 19.8. The van der Waals surface area contributed by atoms with E-state index in [1.54, 1.807) is 66.7 Å². The van der Waals surface area contributed by atoms with E-state index in [-0.39, 0.29) is 23.6 Å². The van der Waals surface area contributed by atoms with Gasteiger partial charge >= 0.3 is 5.97 Å². The second-order valence-corrected chi connectivity index (χ2v) is 7.83. The van der Waals surface area contributed by atoms with E-state index in [2.05, 4.69) is 0 Å². The predicted molar refractivity (Wildman–Crippen MR) is 112 cm³/mol. The molecule has 4 nitrogen and oxygen atoms in total. The summed E-state index contributed by atoms with van der Waals surface area (Å²) in [6.45, 7) is 0. The number of fused-ring (bicyclic) bond motifs is 2. The van der Waals surface area contributed by atoms with Crippen molar-refractivity contribution < 1.29 is 19.1 Å². The predicted octanol–water partition coefficient (Wildman–Crippen LogP) is 4.75. The van der Waals surface area contributed by atoms with Crippen LogP contribution in [0.5, 0.6) is 5.75 Å². The first-order chi connectivity index (χ1) is 14.5. The fourth-order valence-electron chi connectivity index (χ4n) is 4.31. The minimum atomic E-state index is -1.43. The van der Waals surface area contributed by atoms with E-state index in [1.165, 1.54) is 6.08 Å². The average Bonchev–Trinajstić information content (AvgIpc) is 3.03. The number of ether oxygens (including phenoxy) is 1. The third-order valence-corrected chi connectivity index (χ3v) is 5.91. The Labute approximate surface area is 177 Å². The average molecular weight is 415 g/mol. The lowest BCUT2D eigenvalue weighted by atomic mass is 9.66. The lowest BCUT2D eigenvalue weighted by molar-refractivity contribution is -0.136. The Morgan fingerprint density at radius 1 is 0.833 bits per heavy atom. The van der Waals surface area contributed by atoms with Crippen molar-refractivity contribution in [3.05, 3.63) is 112 Å². The van der Waals surface area contributed by atoms with Crippen molar-refractivity contribution in [3.8, 4) is 5.75 Å². The quantitative estimate of drug-likeness (QED) is 0.458. The van der Waals surface area contributed by atoms with Gasteiger partial charge in [-0.2, -0.15) is 0 Å². The Hall–Kier alpha value is -3.50. The van der Waals surface area contributed by atoms with Gasteiger partial charge in [0.2, 0.25) is 0 Å². The minimum absolute atomic E-state index is 0.126. The summed E-state index contributed by atoms with van der Waals surface area (Å²) >= 11 is 6.17. The van der Waals surface area contributed by atoms with E-state index in [1.807, 2.05) is 6.07 Å². The maximum atomic E-state index is 13.5. The zero-order valence-electron chi connectivity index (χ0n) is 15.7. The summed E-state index contributed by atoms with van der Waals surface area (Å²) in [5.41, 5.74) is 0.659. The third-order valence-electron chi connectivity index (χ3n) is 5.67. The second-order valence-electron chi connectivity index (χ2n) is 7.39. The molecule has 0 aromatic heterocycles. The highest BCUT2D eigenvalue weighted by atomic mass is 35.5. The number of para-hydroxylation sites is 1. The van der Waals surface area contributed by atoms with Crippen LogP contribution in [0.1, 0.15) is 31.8 Å². The van der Waals surface area contributed by atoms with Gasteiger partial charge in [-0.25, -0.2) is 0 Å². The van der Waals surface area contributed by atoms with Gasteiger partial charge in [0.25, 0.3) is 0 Å². The molecule has 1 aliphatic heterocycles. The van der Waals surface area contributed by atoms with Crippen molar-refractivity contribution in [3.63, 3.8) is 0 Å². The van der Waals surface area contributed by atoms with Crippen LogP contribution >= 0.6 is 11.6 Å². The standard InChI is InChI=1S/C25H15ClO4/c26-16-7-5-6-15(12-16)14-25(19-10-3-4-11-22(19)30-24(25)29)20-13-21(27)17-8-1-2-9-18(17)23(20)28/h1-13H,14H2/t25-/m1/s1. The van der Waals surface area contributed by atoms with Crippen LogP contribution in [0.15, 0.2) is 84.4 Å². The molecule has 0 saturated carbocycles. The van der Waals surface area contributed by atoms with E-state index in [0.29, 0.717) is 27.5 Å². The summed E-state index contributed by atoms with van der Waals surface area (Å²) in [4.78, 5) is 39.7. The molecule has 0 unspecified atom stereocenters. The van der Waals surface area contributed by atoms with Gasteiger partial charge in [0.15, 0.2) is 11.6 Å². The molecule has 0 amide bonds. The number of allylic oxidation sites excluding steroid dienone is 1. The van der Waals surface area contributed by atoms with Crippen LogP contribution < -0.4 is 4.74 Å². The van der Waals surface area contributed by atoms with E-state index < -0.39 is 11.4 Å². The first-order valence-corrected chi connectivity index (χ1v) is 9.85. The maximum absolute atomic E-state index is 13.5. The number of rotatable bonds is 3. The molecule has 0 spiro atoms. The van der Waals surface area contributed by atoms with Crippen molar-refractivity contribution in [2.45, 2.75) is 11.8 Å². The van der Waals surface area contributed by atoms with Gasteiger partial charge in [0.05, 0.1) is 0 Å². The number of hydrogen-bond donors (Lipinski definition) is 0. The molecule has 0 radical (unpaired) electrons. The Morgan fingerprint density at radius 2 is 1.57 bits per heavy atom. The van der Waals surface area contributed by atoms with Gasteiger partial charge in [0.1, 0.15) is 11.2 Å². The molecule has 30 heavy (non-hydrogen) atoms. The Balaban J connectivity index is 1.76. The third kappa shape index (κ3) is 2.65. The van der Waals surface area contributed by atoms with Crippen LogP contribution in [-0.4, -0.2) is 17.5 Å². The number of benzene rings is 3. The number of ketones is 2. The number of carbonyl (C=O) groups is 3. The maximum Gasteiger partial charge on any atom is 0.327 e. The highest BCUT2D eigenvalue weighted by Crippen LogP contribution is 2.48. The SMILES string of the molecule is O=C1C=C([C@]2(Cc3cccc(Cl)c3)C(=O)Oc3ccccc32)C(=O)c2ccccc21. The largest absolute Gasteiger partial charge is 0.425 e. The molecule has 2 aliphatic rings. The lowest BCUT2D eigenvalue weighted by Gasteiger charge is -2.30. The zero-order chi connectivity index (χ0) is 20.9. The number of carbonyl (C=O) groups excluding carboxylic acids is 3. The molecule has 1 atom stereocenters. The van der Waals surface area contributed by atoms with Gasteiger partial charge in [-0.05, 0) is 36.3 Å². The van der Waals surface area contributed by atoms with Crippen LogP contribution in [0, 0.1) is 0 Å². The number of esters is 1. The summed E-state index contributed by atoms with van der Waals surface area (Å²) in [5.74, 6) is -0.830. The molecule has 3 aromatic rings. The molecule has 0 bridgehead atoms. The van der Waals surface area contributed by atoms with Crippen molar-refractivity contribution >= 4 is 29.1 Å². The second kappa shape index (κ2) is 6.78. The van der Waals surface area contributed by atoms with Gasteiger partial charge in [0, 0.05) is 27.3 Å². The van der Waals surface area contributed by atoms with Crippen LogP contribution in [0.4, 0.5) is 0 Å². The fourth-order valence-corrected chi connectivity index (χ4v) is 4.52. The Bertz CT molecular complexity index is 1270. The van der Waals surface area contributed by atoms with E-state index in [0.717, 1.165) is 5.56 Å². The summed E-state index contributed by atoms with van der Waals surface area (Å²) in [6.07, 6.45) is 1.44. The number of halogens is 1. The van der Waals surface area contributed by atoms with Crippen molar-refractivity contribution in [2.24, 2.45) is 0 Å². The highest BCUT2D eigenvalue weighted by Gasteiger charge is 2.55. The molecule has 146 valence electrons. The molecule has 0 N–H and O–H groups in total. The van der Waals surface area contributed by atoms with Crippen LogP contribution in [0.3, 0.4) is 0 Å². The molecule has 5 heteroatoms. The lowest BCUT2D eigenvalue weighted by Crippen LogP contribution is -2.42. The Morgan fingerprint density at radius 3 is 2.37 bits per heavy atom. The monoisotopic (exact) mass is 414 g/mol. The van der Waals surface area contributed by atoms with Gasteiger partial charge < -0.3 is 4.74 Å². The zero-order valence-corrected chi connectivity index (χ0v) is 16.5. The van der Waals surface area contributed by atoms with Crippen LogP contribution in [0.2, 0.25) is 5.02 Å². The molecule has 5 rings (SSSR count). The first kappa shape index (κ1) is 18.5. The van der Waals surface area contributed by atoms with Crippen molar-refractivity contribution in [1.82, 2.24) is 0 Å². The summed E-state index contributed by atoms with van der Waals surface area (Å²) in [6, 6.07) is 20.8. The molecule has 0 fully saturated rings. The molecule has 1 aliphatic carbocycles. The van der Waals surface area contributed by atoms with Crippen LogP contribution in [-0.2, 0) is 16.6 Å². The highest BCUT2D eigenvalue weighted by molar-refractivity contribution is 6.30.